The lowest BCUT2D eigenvalue weighted by Gasteiger charge is -2.26. The topological polar surface area (TPSA) is 37.4 Å². The maximum Gasteiger partial charge on any atom is 0.261 e. The third-order valence-corrected chi connectivity index (χ3v) is 12.5. The van der Waals surface area contributed by atoms with Crippen LogP contribution in [0.3, 0.4) is 0 Å². The van der Waals surface area contributed by atoms with Crippen LogP contribution in [0.5, 0.6) is 0 Å². The van der Waals surface area contributed by atoms with Crippen molar-refractivity contribution < 1.29 is 9.59 Å². The first-order valence-electron chi connectivity index (χ1n) is 8.48. The molecule has 3 aliphatic rings. The lowest BCUT2D eigenvalue weighted by atomic mass is 10.2. The maximum absolute atomic E-state index is 12.8. The van der Waals surface area contributed by atoms with E-state index in [1.54, 1.807) is 7.05 Å². The summed E-state index contributed by atoms with van der Waals surface area (Å²) in [7, 11) is 0.738. The van der Waals surface area contributed by atoms with Gasteiger partial charge in [-0.05, 0) is 48.3 Å². The fourth-order valence-corrected chi connectivity index (χ4v) is 11.7. The summed E-state index contributed by atoms with van der Waals surface area (Å²) in [5, 5.41) is 1.96. The molecule has 3 nitrogen and oxygen atoms in total. The highest BCUT2D eigenvalue weighted by Crippen LogP contribution is 2.70. The third-order valence-electron chi connectivity index (χ3n) is 5.66. The molecule has 0 aromatic heterocycles. The summed E-state index contributed by atoms with van der Waals surface area (Å²) in [6.07, 6.45) is 4.82. The Hall–Kier alpha value is -0.260. The van der Waals surface area contributed by atoms with Crippen LogP contribution in [0.15, 0.2) is 10.6 Å². The Labute approximate surface area is 136 Å². The smallest absolute Gasteiger partial charge is 0.261 e. The molecule has 3 aliphatic heterocycles. The molecule has 0 N–H and O–H groups in total. The Bertz CT molecular complexity index is 479. The van der Waals surface area contributed by atoms with Crippen molar-refractivity contribution in [1.82, 2.24) is 4.90 Å². The molecule has 0 aromatic carbocycles. The van der Waals surface area contributed by atoms with Crippen molar-refractivity contribution in [3.8, 4) is 0 Å². The summed E-state index contributed by atoms with van der Waals surface area (Å²) < 4.78 is 0. The molecule has 0 radical (unpaired) electrons. The van der Waals surface area contributed by atoms with E-state index in [4.69, 9.17) is 0 Å². The van der Waals surface area contributed by atoms with Gasteiger partial charge < -0.3 is 0 Å². The first-order valence-corrected chi connectivity index (χ1v) is 11.4. The van der Waals surface area contributed by atoms with Gasteiger partial charge in [-0.3, -0.25) is 14.5 Å². The zero-order chi connectivity index (χ0) is 16.2. The Morgan fingerprint density at radius 1 is 0.727 bits per heavy atom. The molecule has 2 amide bonds. The number of amides is 2. The van der Waals surface area contributed by atoms with Crippen LogP contribution in [0.2, 0.25) is 0 Å². The standard InChI is InChI=1S/C17H27NO2P2/c1-10-6-7-11(2)21(10)14-15(17(20)18(5)16(14)19)22-12(3)8-9-13(22)4/h10-13H,6-9H2,1-5H3/t10-,11-,12-,13-/m1/s1. The number of carbonyl (C=O) groups excluding carboxylic acids is 2. The predicted molar refractivity (Wildman–Crippen MR) is 95.0 cm³/mol. The van der Waals surface area contributed by atoms with Crippen molar-refractivity contribution in [1.29, 1.82) is 0 Å². The number of hydrogen-bond donors (Lipinski definition) is 0. The molecular formula is C17H27NO2P2. The molecular weight excluding hydrogens is 312 g/mol. The average molecular weight is 339 g/mol. The minimum Gasteiger partial charge on any atom is -0.277 e. The van der Waals surface area contributed by atoms with Gasteiger partial charge in [0.2, 0.25) is 0 Å². The van der Waals surface area contributed by atoms with Gasteiger partial charge in [0.15, 0.2) is 0 Å². The Balaban J connectivity index is 2.11. The first kappa shape index (κ1) is 16.6. The van der Waals surface area contributed by atoms with E-state index in [0.29, 0.717) is 22.6 Å². The lowest BCUT2D eigenvalue weighted by molar-refractivity contribution is -0.135. The number of hydrogen-bond acceptors (Lipinski definition) is 2. The molecule has 5 heteroatoms. The fraction of sp³-hybridized carbons (Fsp3) is 0.765. The summed E-state index contributed by atoms with van der Waals surface area (Å²) in [5.41, 5.74) is 2.34. The zero-order valence-electron chi connectivity index (χ0n) is 14.3. The Kier molecular flexibility index (Phi) is 4.52. The summed E-state index contributed by atoms with van der Waals surface area (Å²) in [6.45, 7) is 9.13. The van der Waals surface area contributed by atoms with Gasteiger partial charge in [0.25, 0.3) is 11.8 Å². The zero-order valence-corrected chi connectivity index (χ0v) is 16.1. The van der Waals surface area contributed by atoms with Gasteiger partial charge in [-0.1, -0.05) is 43.5 Å². The van der Waals surface area contributed by atoms with Gasteiger partial charge in [-0.25, -0.2) is 0 Å². The monoisotopic (exact) mass is 339 g/mol. The molecule has 0 unspecified atom stereocenters. The summed E-state index contributed by atoms with van der Waals surface area (Å²) in [4.78, 5) is 27.1. The maximum atomic E-state index is 12.8. The number of nitrogens with zero attached hydrogens (tertiary/aromatic N) is 1. The highest BCUT2D eigenvalue weighted by Gasteiger charge is 2.49. The van der Waals surface area contributed by atoms with Crippen LogP contribution < -0.4 is 0 Å². The van der Waals surface area contributed by atoms with E-state index in [0.717, 1.165) is 10.6 Å². The number of likely N-dealkylation sites (N-methyl/N-ethyl adjacent to an activating group) is 1. The van der Waals surface area contributed by atoms with Crippen LogP contribution in [0.1, 0.15) is 53.4 Å². The molecule has 22 heavy (non-hydrogen) atoms. The molecule has 4 atom stereocenters. The van der Waals surface area contributed by atoms with E-state index in [2.05, 4.69) is 27.7 Å². The Morgan fingerprint density at radius 3 is 1.27 bits per heavy atom. The van der Waals surface area contributed by atoms with Crippen molar-refractivity contribution in [2.24, 2.45) is 0 Å². The molecule has 0 spiro atoms. The summed E-state index contributed by atoms with van der Waals surface area (Å²) >= 11 is 0. The van der Waals surface area contributed by atoms with Crippen LogP contribution in [0.4, 0.5) is 0 Å². The molecule has 3 rings (SSSR count). The van der Waals surface area contributed by atoms with Gasteiger partial charge in [0.05, 0.1) is 10.6 Å². The van der Waals surface area contributed by atoms with Crippen LogP contribution in [-0.2, 0) is 9.59 Å². The third kappa shape index (κ3) is 2.40. The van der Waals surface area contributed by atoms with Crippen molar-refractivity contribution in [3.63, 3.8) is 0 Å². The normalized spacial score (nSPS) is 38.0. The van der Waals surface area contributed by atoms with Gasteiger partial charge >= 0.3 is 0 Å². The number of rotatable bonds is 2. The lowest BCUT2D eigenvalue weighted by Crippen LogP contribution is -2.27. The van der Waals surface area contributed by atoms with Gasteiger partial charge in [0, 0.05) is 7.05 Å². The van der Waals surface area contributed by atoms with Crippen LogP contribution in [0.25, 0.3) is 0 Å². The number of imide groups is 1. The summed E-state index contributed by atoms with van der Waals surface area (Å²) in [6, 6.07) is 0. The Morgan fingerprint density at radius 2 is 1.00 bits per heavy atom. The van der Waals surface area contributed by atoms with E-state index in [1.807, 2.05) is 0 Å². The highest BCUT2D eigenvalue weighted by atomic mass is 31.1. The van der Waals surface area contributed by atoms with Crippen molar-refractivity contribution in [2.45, 2.75) is 76.0 Å². The van der Waals surface area contributed by atoms with E-state index in [9.17, 15) is 9.59 Å². The van der Waals surface area contributed by atoms with Crippen molar-refractivity contribution >= 4 is 27.7 Å². The quantitative estimate of drug-likeness (QED) is 0.555. The highest BCUT2D eigenvalue weighted by molar-refractivity contribution is 7.70. The average Bonchev–Trinajstić information content (AvgIpc) is 3.04. The second kappa shape index (κ2) is 5.99. The minimum absolute atomic E-state index is 0.0283. The molecule has 0 aromatic rings. The fourth-order valence-electron chi connectivity index (χ4n) is 4.35. The van der Waals surface area contributed by atoms with E-state index in [-0.39, 0.29) is 11.8 Å². The van der Waals surface area contributed by atoms with Gasteiger partial charge in [-0.15, -0.1) is 0 Å². The van der Waals surface area contributed by atoms with Crippen molar-refractivity contribution in [2.75, 3.05) is 7.05 Å². The molecule has 2 fully saturated rings. The molecule has 122 valence electrons. The van der Waals surface area contributed by atoms with E-state index < -0.39 is 15.8 Å². The molecule has 0 aliphatic carbocycles. The van der Waals surface area contributed by atoms with E-state index >= 15 is 0 Å². The minimum atomic E-state index is -0.471. The number of carbonyl (C=O) groups is 2. The van der Waals surface area contributed by atoms with E-state index in [1.165, 1.54) is 30.6 Å². The van der Waals surface area contributed by atoms with Crippen LogP contribution in [-0.4, -0.2) is 46.4 Å². The largest absolute Gasteiger partial charge is 0.277 e. The SMILES string of the molecule is C[C@@H]1CC[C@@H](C)P1C1=C(P2[C@H](C)CC[C@H]2C)C(=O)N(C)C1=O. The second-order valence-corrected chi connectivity index (χ2v) is 13.3. The molecule has 0 bridgehead atoms. The second-order valence-electron chi connectivity index (χ2n) is 7.23. The van der Waals surface area contributed by atoms with Gasteiger partial charge in [0.1, 0.15) is 0 Å². The molecule has 2 saturated heterocycles. The van der Waals surface area contributed by atoms with Crippen LogP contribution >= 0.6 is 15.8 Å². The van der Waals surface area contributed by atoms with Crippen LogP contribution in [0, 0.1) is 0 Å². The summed E-state index contributed by atoms with van der Waals surface area (Å²) in [5.74, 6) is 0.0565. The van der Waals surface area contributed by atoms with Gasteiger partial charge in [-0.2, -0.15) is 0 Å². The first-order chi connectivity index (χ1) is 10.3. The molecule has 3 heterocycles. The van der Waals surface area contributed by atoms with Crippen molar-refractivity contribution in [3.05, 3.63) is 10.6 Å². The predicted octanol–water partition coefficient (Wildman–Crippen LogP) is 4.30. The molecule has 0 saturated carbocycles.